The maximum Gasteiger partial charge on any atom is 0.0492 e. The Morgan fingerprint density at radius 2 is 1.92 bits per heavy atom. The van der Waals surface area contributed by atoms with Gasteiger partial charge in [0.05, 0.1) is 0 Å². The highest BCUT2D eigenvalue weighted by Gasteiger charge is 1.99. The van der Waals surface area contributed by atoms with E-state index in [1.165, 1.54) is 0 Å². The second-order valence-electron chi connectivity index (χ2n) is 3.12. The largest absolute Gasteiger partial charge is 0.396 e. The summed E-state index contributed by atoms with van der Waals surface area (Å²) in [5, 5.41) is 17.1. The Kier molecular flexibility index (Phi) is 8.88. The first-order chi connectivity index (χ1) is 5.81. The number of hydrogen-bond donors (Lipinski definition) is 2. The monoisotopic (exact) mass is 176 g/mol. The van der Waals surface area contributed by atoms with Crippen molar-refractivity contribution in [3.05, 3.63) is 0 Å². The van der Waals surface area contributed by atoms with E-state index in [-0.39, 0.29) is 13.2 Å². The van der Waals surface area contributed by atoms with E-state index < -0.39 is 0 Å². The number of aliphatic hydroxyl groups excluding tert-OH is 2. The lowest BCUT2D eigenvalue weighted by molar-refractivity contribution is 0.0887. The van der Waals surface area contributed by atoms with Gasteiger partial charge in [-0.1, -0.05) is 6.92 Å². The van der Waals surface area contributed by atoms with E-state index in [0.717, 1.165) is 25.9 Å². The standard InChI is InChI=1S/C9H20O3/c1-9(4-6-11)8-12-7-3-2-5-10/h9-11H,2-8H2,1H3. The third kappa shape index (κ3) is 7.98. The molecule has 0 bridgehead atoms. The molecule has 0 radical (unpaired) electrons. The van der Waals surface area contributed by atoms with E-state index in [1.807, 2.05) is 0 Å². The van der Waals surface area contributed by atoms with Gasteiger partial charge in [-0.2, -0.15) is 0 Å². The third-order valence-corrected chi connectivity index (χ3v) is 1.72. The lowest BCUT2D eigenvalue weighted by atomic mass is 10.1. The topological polar surface area (TPSA) is 49.7 Å². The van der Waals surface area contributed by atoms with Crippen molar-refractivity contribution >= 4 is 0 Å². The fourth-order valence-corrected chi connectivity index (χ4v) is 0.904. The predicted molar refractivity (Wildman–Crippen MR) is 48.0 cm³/mol. The highest BCUT2D eigenvalue weighted by Crippen LogP contribution is 2.01. The first-order valence-electron chi connectivity index (χ1n) is 4.60. The maximum atomic E-state index is 8.59. The summed E-state index contributed by atoms with van der Waals surface area (Å²) >= 11 is 0. The number of unbranched alkanes of at least 4 members (excludes halogenated alkanes) is 1. The maximum absolute atomic E-state index is 8.59. The van der Waals surface area contributed by atoms with Crippen molar-refractivity contribution in [3.63, 3.8) is 0 Å². The Morgan fingerprint density at radius 1 is 1.17 bits per heavy atom. The van der Waals surface area contributed by atoms with Gasteiger partial charge < -0.3 is 14.9 Å². The van der Waals surface area contributed by atoms with Crippen LogP contribution in [-0.4, -0.2) is 36.6 Å². The summed E-state index contributed by atoms with van der Waals surface area (Å²) in [5.41, 5.74) is 0. The van der Waals surface area contributed by atoms with Gasteiger partial charge in [0, 0.05) is 26.4 Å². The van der Waals surface area contributed by atoms with Gasteiger partial charge >= 0.3 is 0 Å². The molecule has 1 atom stereocenters. The van der Waals surface area contributed by atoms with Crippen molar-refractivity contribution in [2.24, 2.45) is 5.92 Å². The fraction of sp³-hybridized carbons (Fsp3) is 1.00. The molecule has 1 unspecified atom stereocenters. The molecule has 0 aliphatic rings. The number of hydrogen-bond acceptors (Lipinski definition) is 3. The van der Waals surface area contributed by atoms with Gasteiger partial charge in [-0.05, 0) is 25.2 Å². The average Bonchev–Trinajstić information content (AvgIpc) is 2.05. The van der Waals surface area contributed by atoms with Gasteiger partial charge in [0.1, 0.15) is 0 Å². The zero-order valence-corrected chi connectivity index (χ0v) is 7.83. The second-order valence-corrected chi connectivity index (χ2v) is 3.12. The molecule has 0 saturated heterocycles. The van der Waals surface area contributed by atoms with Gasteiger partial charge in [0.2, 0.25) is 0 Å². The lowest BCUT2D eigenvalue weighted by Crippen LogP contribution is -2.08. The summed E-state index contributed by atoms with van der Waals surface area (Å²) in [4.78, 5) is 0. The zero-order valence-electron chi connectivity index (χ0n) is 7.83. The first kappa shape index (κ1) is 11.9. The molecule has 0 aliphatic carbocycles. The van der Waals surface area contributed by atoms with Crippen molar-refractivity contribution in [1.82, 2.24) is 0 Å². The summed E-state index contributed by atoms with van der Waals surface area (Å²) in [7, 11) is 0. The number of aliphatic hydroxyl groups is 2. The molecule has 3 nitrogen and oxygen atoms in total. The van der Waals surface area contributed by atoms with Gasteiger partial charge in [0.25, 0.3) is 0 Å². The molecule has 3 heteroatoms. The smallest absolute Gasteiger partial charge is 0.0492 e. The third-order valence-electron chi connectivity index (χ3n) is 1.72. The SMILES string of the molecule is CC(CCO)COCCCCO. The molecule has 0 aromatic rings. The minimum atomic E-state index is 0.237. The summed E-state index contributed by atoms with van der Waals surface area (Å²) in [6.07, 6.45) is 2.54. The van der Waals surface area contributed by atoms with E-state index in [2.05, 4.69) is 6.92 Å². The normalized spacial score (nSPS) is 13.2. The average molecular weight is 176 g/mol. The van der Waals surface area contributed by atoms with E-state index in [1.54, 1.807) is 0 Å². The highest BCUT2D eigenvalue weighted by molar-refractivity contribution is 4.49. The van der Waals surface area contributed by atoms with Crippen LogP contribution in [0.15, 0.2) is 0 Å². The van der Waals surface area contributed by atoms with E-state index in [4.69, 9.17) is 14.9 Å². The minimum absolute atomic E-state index is 0.237. The van der Waals surface area contributed by atoms with E-state index >= 15 is 0 Å². The Morgan fingerprint density at radius 3 is 2.50 bits per heavy atom. The second kappa shape index (κ2) is 8.97. The molecule has 0 fully saturated rings. The van der Waals surface area contributed by atoms with Crippen LogP contribution in [-0.2, 0) is 4.74 Å². The summed E-state index contributed by atoms with van der Waals surface area (Å²) in [6, 6.07) is 0. The van der Waals surface area contributed by atoms with Gasteiger partial charge in [-0.3, -0.25) is 0 Å². The zero-order chi connectivity index (χ0) is 9.23. The molecule has 0 heterocycles. The number of ether oxygens (including phenoxy) is 1. The van der Waals surface area contributed by atoms with Crippen LogP contribution in [0.25, 0.3) is 0 Å². The molecule has 0 aromatic carbocycles. The quantitative estimate of drug-likeness (QED) is 0.538. The van der Waals surface area contributed by atoms with Crippen LogP contribution in [0.2, 0.25) is 0 Å². The predicted octanol–water partition coefficient (Wildman–Crippen LogP) is 0.794. The molecule has 0 aliphatic heterocycles. The van der Waals surface area contributed by atoms with Gasteiger partial charge in [-0.25, -0.2) is 0 Å². The molecule has 0 amide bonds. The molecule has 0 spiro atoms. The summed E-state index contributed by atoms with van der Waals surface area (Å²) in [5.74, 6) is 0.434. The van der Waals surface area contributed by atoms with Crippen molar-refractivity contribution in [3.8, 4) is 0 Å². The molecule has 74 valence electrons. The van der Waals surface area contributed by atoms with Crippen molar-refractivity contribution in [1.29, 1.82) is 0 Å². The van der Waals surface area contributed by atoms with E-state index in [0.29, 0.717) is 12.5 Å². The summed E-state index contributed by atoms with van der Waals surface area (Å²) in [6.45, 7) is 3.97. The highest BCUT2D eigenvalue weighted by atomic mass is 16.5. The molecule has 0 rings (SSSR count). The Hall–Kier alpha value is -0.120. The van der Waals surface area contributed by atoms with Gasteiger partial charge in [-0.15, -0.1) is 0 Å². The van der Waals surface area contributed by atoms with Gasteiger partial charge in [0.15, 0.2) is 0 Å². The van der Waals surface area contributed by atoms with Crippen LogP contribution in [0, 0.1) is 5.92 Å². The van der Waals surface area contributed by atoms with Crippen molar-refractivity contribution in [2.75, 3.05) is 26.4 Å². The van der Waals surface area contributed by atoms with Crippen LogP contribution in [0.1, 0.15) is 26.2 Å². The van der Waals surface area contributed by atoms with Crippen molar-refractivity contribution < 1.29 is 14.9 Å². The molecule has 12 heavy (non-hydrogen) atoms. The number of rotatable bonds is 8. The van der Waals surface area contributed by atoms with Crippen LogP contribution < -0.4 is 0 Å². The summed E-state index contributed by atoms with van der Waals surface area (Å²) < 4.78 is 5.33. The molecular formula is C9H20O3. The van der Waals surface area contributed by atoms with Crippen LogP contribution >= 0.6 is 0 Å². The molecule has 0 aromatic heterocycles. The molecular weight excluding hydrogens is 156 g/mol. The Balaban J connectivity index is 2.97. The molecule has 2 N–H and O–H groups in total. The Labute approximate surface area is 74.4 Å². The first-order valence-corrected chi connectivity index (χ1v) is 4.60. The fourth-order valence-electron chi connectivity index (χ4n) is 0.904. The molecule has 0 saturated carbocycles. The Bertz CT molecular complexity index is 85.8. The van der Waals surface area contributed by atoms with Crippen molar-refractivity contribution in [2.45, 2.75) is 26.2 Å². The van der Waals surface area contributed by atoms with Crippen LogP contribution in [0.3, 0.4) is 0 Å². The lowest BCUT2D eigenvalue weighted by Gasteiger charge is -2.09. The van der Waals surface area contributed by atoms with E-state index in [9.17, 15) is 0 Å². The van der Waals surface area contributed by atoms with Crippen LogP contribution in [0.4, 0.5) is 0 Å². The van der Waals surface area contributed by atoms with Crippen LogP contribution in [0.5, 0.6) is 0 Å². The minimum Gasteiger partial charge on any atom is -0.396 e.